The molecule has 1 amide bonds. The van der Waals surface area contributed by atoms with E-state index < -0.39 is 0 Å². The second-order valence-electron chi connectivity index (χ2n) is 8.34. The number of nitrogens with zero attached hydrogens (tertiary/aromatic N) is 3. The number of nitrogens with one attached hydrogen (secondary N) is 1. The van der Waals surface area contributed by atoms with E-state index in [1.165, 1.54) is 10.4 Å². The van der Waals surface area contributed by atoms with Gasteiger partial charge >= 0.3 is 0 Å². The Labute approximate surface area is 169 Å². The molecule has 0 atom stereocenters. The second-order valence-corrected chi connectivity index (χ2v) is 9.56. The van der Waals surface area contributed by atoms with Crippen molar-refractivity contribution in [3.8, 4) is 0 Å². The Hall–Kier alpha value is -1.70. The highest BCUT2D eigenvalue weighted by molar-refractivity contribution is 7.12. The van der Waals surface area contributed by atoms with Crippen molar-refractivity contribution in [2.45, 2.75) is 38.2 Å². The first-order valence-electron chi connectivity index (χ1n) is 10.4. The SMILES string of the molecule is CCc1cc2c(s1)CCOC21CCN(CC2CN(C(=O)c3ccn[nH]3)C2)CC1. The van der Waals surface area contributed by atoms with Gasteiger partial charge in [0.2, 0.25) is 0 Å². The number of ether oxygens (including phenoxy) is 1. The van der Waals surface area contributed by atoms with E-state index in [1.807, 2.05) is 16.2 Å². The molecule has 6 nitrogen and oxygen atoms in total. The molecule has 5 rings (SSSR count). The molecule has 7 heteroatoms. The predicted molar refractivity (Wildman–Crippen MR) is 109 cm³/mol. The Morgan fingerprint density at radius 2 is 2.21 bits per heavy atom. The lowest BCUT2D eigenvalue weighted by atomic mass is 9.82. The molecule has 0 aromatic carbocycles. The zero-order chi connectivity index (χ0) is 19.1. The summed E-state index contributed by atoms with van der Waals surface area (Å²) < 4.78 is 6.39. The molecular weight excluding hydrogens is 372 g/mol. The molecule has 150 valence electrons. The molecule has 0 saturated carbocycles. The van der Waals surface area contributed by atoms with Crippen LogP contribution < -0.4 is 0 Å². The van der Waals surface area contributed by atoms with Gasteiger partial charge in [0.15, 0.2) is 0 Å². The zero-order valence-electron chi connectivity index (χ0n) is 16.4. The number of H-pyrrole nitrogens is 1. The van der Waals surface area contributed by atoms with Gasteiger partial charge in [-0.1, -0.05) is 6.92 Å². The molecule has 28 heavy (non-hydrogen) atoms. The Morgan fingerprint density at radius 3 is 2.93 bits per heavy atom. The number of hydrogen-bond donors (Lipinski definition) is 1. The number of carbonyl (C=O) groups excluding carboxylic acids is 1. The lowest BCUT2D eigenvalue weighted by Gasteiger charge is -2.47. The highest BCUT2D eigenvalue weighted by Crippen LogP contribution is 2.44. The van der Waals surface area contributed by atoms with Crippen molar-refractivity contribution in [3.63, 3.8) is 0 Å². The maximum Gasteiger partial charge on any atom is 0.271 e. The van der Waals surface area contributed by atoms with Gasteiger partial charge in [0.05, 0.1) is 12.2 Å². The molecule has 5 heterocycles. The van der Waals surface area contributed by atoms with Crippen molar-refractivity contribution in [3.05, 3.63) is 39.3 Å². The molecule has 3 aliphatic rings. The van der Waals surface area contributed by atoms with Crippen LogP contribution in [-0.2, 0) is 23.2 Å². The molecule has 2 aromatic heterocycles. The summed E-state index contributed by atoms with van der Waals surface area (Å²) in [6, 6.07) is 4.16. The molecule has 2 aromatic rings. The average Bonchev–Trinajstić information content (AvgIpc) is 3.36. The van der Waals surface area contributed by atoms with E-state index in [4.69, 9.17) is 4.74 Å². The number of aromatic nitrogens is 2. The maximum atomic E-state index is 12.3. The molecule has 3 aliphatic heterocycles. The molecule has 0 radical (unpaired) electrons. The molecule has 2 saturated heterocycles. The van der Waals surface area contributed by atoms with Crippen LogP contribution in [0.3, 0.4) is 0 Å². The number of aromatic amines is 1. The van der Waals surface area contributed by atoms with Gasteiger partial charge in [-0.3, -0.25) is 9.89 Å². The van der Waals surface area contributed by atoms with Crippen LogP contribution in [0.25, 0.3) is 0 Å². The van der Waals surface area contributed by atoms with Crippen LogP contribution in [0.4, 0.5) is 0 Å². The fourth-order valence-electron chi connectivity index (χ4n) is 4.92. The van der Waals surface area contributed by atoms with Gasteiger partial charge in [0.1, 0.15) is 5.69 Å². The van der Waals surface area contributed by atoms with Crippen molar-refractivity contribution in [1.82, 2.24) is 20.0 Å². The lowest BCUT2D eigenvalue weighted by Crippen LogP contribution is -2.55. The quantitative estimate of drug-likeness (QED) is 0.857. The fourth-order valence-corrected chi connectivity index (χ4v) is 6.10. The Kier molecular flexibility index (Phi) is 4.77. The highest BCUT2D eigenvalue weighted by Gasteiger charge is 2.42. The molecule has 0 bridgehead atoms. The first-order valence-corrected chi connectivity index (χ1v) is 11.3. The van der Waals surface area contributed by atoms with Crippen molar-refractivity contribution in [2.75, 3.05) is 39.3 Å². The van der Waals surface area contributed by atoms with Gasteiger partial charge in [0, 0.05) is 61.0 Å². The Morgan fingerprint density at radius 1 is 1.39 bits per heavy atom. The van der Waals surface area contributed by atoms with E-state index >= 15 is 0 Å². The van der Waals surface area contributed by atoms with Crippen molar-refractivity contribution >= 4 is 17.2 Å². The number of aryl methyl sites for hydroxylation is 1. The first-order chi connectivity index (χ1) is 13.7. The first kappa shape index (κ1) is 18.3. The highest BCUT2D eigenvalue weighted by atomic mass is 32.1. The summed E-state index contributed by atoms with van der Waals surface area (Å²) in [6.07, 6.45) is 6.00. The van der Waals surface area contributed by atoms with E-state index in [0.29, 0.717) is 11.6 Å². The summed E-state index contributed by atoms with van der Waals surface area (Å²) in [5.41, 5.74) is 2.03. The summed E-state index contributed by atoms with van der Waals surface area (Å²) >= 11 is 1.99. The lowest BCUT2D eigenvalue weighted by molar-refractivity contribution is -0.100. The van der Waals surface area contributed by atoms with Crippen molar-refractivity contribution < 1.29 is 9.53 Å². The molecular formula is C21H28N4O2S. The normalized spacial score (nSPS) is 22.2. The van der Waals surface area contributed by atoms with Gasteiger partial charge in [-0.25, -0.2) is 0 Å². The molecule has 1 spiro atoms. The van der Waals surface area contributed by atoms with Gasteiger partial charge in [-0.05, 0) is 37.0 Å². The van der Waals surface area contributed by atoms with E-state index in [9.17, 15) is 4.79 Å². The maximum absolute atomic E-state index is 12.3. The molecule has 0 unspecified atom stereocenters. The summed E-state index contributed by atoms with van der Waals surface area (Å²) in [4.78, 5) is 19.8. The van der Waals surface area contributed by atoms with Crippen LogP contribution in [-0.4, -0.2) is 65.2 Å². The average molecular weight is 401 g/mol. The Bertz CT molecular complexity index is 833. The largest absolute Gasteiger partial charge is 0.370 e. The number of thiophene rings is 1. The standard InChI is InChI=1S/C21H28N4O2S/c1-2-16-11-17-19(28-16)4-10-27-21(17)5-8-24(9-6-21)12-15-13-25(14-15)20(26)18-3-7-22-23-18/h3,7,11,15H,2,4-6,8-10,12-14H2,1H3,(H,22,23). The number of rotatable bonds is 4. The predicted octanol–water partition coefficient (Wildman–Crippen LogP) is 2.67. The number of carbonyl (C=O) groups is 1. The van der Waals surface area contributed by atoms with Gasteiger partial charge in [0.25, 0.3) is 5.91 Å². The van der Waals surface area contributed by atoms with Crippen LogP contribution in [0.15, 0.2) is 18.3 Å². The molecule has 1 N–H and O–H groups in total. The van der Waals surface area contributed by atoms with Crippen LogP contribution >= 0.6 is 11.3 Å². The van der Waals surface area contributed by atoms with E-state index in [-0.39, 0.29) is 11.5 Å². The zero-order valence-corrected chi connectivity index (χ0v) is 17.3. The van der Waals surface area contributed by atoms with E-state index in [1.54, 1.807) is 17.1 Å². The number of likely N-dealkylation sites (tertiary alicyclic amines) is 2. The van der Waals surface area contributed by atoms with E-state index in [2.05, 4.69) is 28.1 Å². The summed E-state index contributed by atoms with van der Waals surface area (Å²) in [6.45, 7) is 8.06. The van der Waals surface area contributed by atoms with Crippen LogP contribution in [0.5, 0.6) is 0 Å². The third-order valence-corrected chi connectivity index (χ3v) is 7.90. The van der Waals surface area contributed by atoms with Crippen LogP contribution in [0.1, 0.15) is 45.6 Å². The van der Waals surface area contributed by atoms with Crippen molar-refractivity contribution in [1.29, 1.82) is 0 Å². The number of piperidine rings is 1. The molecule has 2 fully saturated rings. The minimum absolute atomic E-state index is 0.0454. The summed E-state index contributed by atoms with van der Waals surface area (Å²) in [7, 11) is 0. The van der Waals surface area contributed by atoms with Gasteiger partial charge < -0.3 is 14.5 Å². The number of amides is 1. The third kappa shape index (κ3) is 3.19. The summed E-state index contributed by atoms with van der Waals surface area (Å²) in [5.74, 6) is 0.648. The second kappa shape index (κ2) is 7.28. The minimum Gasteiger partial charge on any atom is -0.370 e. The van der Waals surface area contributed by atoms with Gasteiger partial charge in [-0.2, -0.15) is 5.10 Å². The van der Waals surface area contributed by atoms with Crippen molar-refractivity contribution in [2.24, 2.45) is 5.92 Å². The number of hydrogen-bond acceptors (Lipinski definition) is 5. The minimum atomic E-state index is -0.0454. The monoisotopic (exact) mass is 400 g/mol. The Balaban J connectivity index is 1.15. The van der Waals surface area contributed by atoms with Crippen LogP contribution in [0.2, 0.25) is 0 Å². The molecule has 0 aliphatic carbocycles. The topological polar surface area (TPSA) is 61.5 Å². The summed E-state index contributed by atoms with van der Waals surface area (Å²) in [5, 5.41) is 6.63. The van der Waals surface area contributed by atoms with E-state index in [0.717, 1.165) is 65.0 Å². The third-order valence-electron chi connectivity index (χ3n) is 6.56. The fraction of sp³-hybridized carbons (Fsp3) is 0.619. The van der Waals surface area contributed by atoms with Gasteiger partial charge in [-0.15, -0.1) is 11.3 Å². The van der Waals surface area contributed by atoms with Crippen LogP contribution in [0, 0.1) is 5.92 Å². The number of fused-ring (bicyclic) bond motifs is 2. The smallest absolute Gasteiger partial charge is 0.271 e.